The van der Waals surface area contributed by atoms with Crippen LogP contribution in [0.4, 0.5) is 0 Å². The number of hydrogen-bond acceptors (Lipinski definition) is 2. The molecule has 9 aromatic carbocycles. The Bertz CT molecular complexity index is 3730. The molecule has 13 rings (SSSR count). The van der Waals surface area contributed by atoms with E-state index in [1.54, 1.807) is 0 Å². The topological polar surface area (TPSA) is 57.4 Å². The number of aromatic nitrogens is 2. The zero-order valence-corrected chi connectivity index (χ0v) is 29.8. The van der Waals surface area contributed by atoms with Crippen molar-refractivity contribution in [3.8, 4) is 68.0 Å². The molecule has 0 fully saturated rings. The summed E-state index contributed by atoms with van der Waals surface area (Å²) in [5.74, 6) is 0. The summed E-state index contributed by atoms with van der Waals surface area (Å²) in [6.45, 7) is 0. The summed E-state index contributed by atoms with van der Waals surface area (Å²) in [4.78, 5) is 0. The average molecular weight is 707 g/mol. The molecule has 2 aliphatic carbocycles. The van der Waals surface area contributed by atoms with E-state index in [2.05, 4.69) is 173 Å². The van der Waals surface area contributed by atoms with E-state index in [1.165, 1.54) is 55.3 Å². The summed E-state index contributed by atoms with van der Waals surface area (Å²) in [5.41, 5.74) is 16.2. The molecule has 0 unspecified atom stereocenters. The maximum atomic E-state index is 11.2. The molecular formula is C52H26N4. The third-order valence-corrected chi connectivity index (χ3v) is 12.5. The van der Waals surface area contributed by atoms with Crippen LogP contribution in [0.25, 0.3) is 121 Å². The van der Waals surface area contributed by atoms with E-state index in [0.717, 1.165) is 60.1 Å². The van der Waals surface area contributed by atoms with Crippen molar-refractivity contribution in [1.82, 2.24) is 9.13 Å². The van der Waals surface area contributed by atoms with Crippen LogP contribution >= 0.6 is 0 Å². The first kappa shape index (κ1) is 29.5. The molecule has 0 amide bonds. The molecule has 2 aliphatic rings. The van der Waals surface area contributed by atoms with Gasteiger partial charge in [-0.05, 0) is 91.7 Å². The first-order valence-electron chi connectivity index (χ1n) is 18.9. The fraction of sp³-hybridized carbons (Fsp3) is 0. The maximum Gasteiger partial charge on any atom is 0.103 e. The van der Waals surface area contributed by atoms with Gasteiger partial charge in [-0.3, -0.25) is 0 Å². The van der Waals surface area contributed by atoms with Gasteiger partial charge in [0.1, 0.15) is 12.1 Å². The summed E-state index contributed by atoms with van der Waals surface area (Å²) in [6.07, 6.45) is 0. The van der Waals surface area contributed by atoms with Gasteiger partial charge in [0.25, 0.3) is 0 Å². The molecule has 11 aromatic rings. The van der Waals surface area contributed by atoms with Crippen molar-refractivity contribution in [3.63, 3.8) is 0 Å². The normalized spacial score (nSPS) is 12.2. The standard InChI is InChI=1S/C52H26N4/c53-27-29-23-24-47(55-45-21-7-5-15-34(45)42-25-40-32-13-3-1-11-30(32)36-17-9-19-38(48(36)40)50(42)55)52(44(29)28-54)56-46-22-8-6-16-35(46)43-26-41-33-14-4-2-12-31(33)37-18-10-20-39(49(37)41)51(43)56/h1-26H. The quantitative estimate of drug-likeness (QED) is 0.180. The highest BCUT2D eigenvalue weighted by atomic mass is 15.1. The smallest absolute Gasteiger partial charge is 0.103 e. The van der Waals surface area contributed by atoms with E-state index in [0.29, 0.717) is 16.8 Å². The Balaban J connectivity index is 1.25. The van der Waals surface area contributed by atoms with Gasteiger partial charge in [-0.25, -0.2) is 0 Å². The van der Waals surface area contributed by atoms with Crippen molar-refractivity contribution < 1.29 is 0 Å². The van der Waals surface area contributed by atoms with Gasteiger partial charge < -0.3 is 9.13 Å². The van der Waals surface area contributed by atoms with Gasteiger partial charge in [0.2, 0.25) is 0 Å². The Morgan fingerprint density at radius 3 is 1.34 bits per heavy atom. The van der Waals surface area contributed by atoms with Crippen molar-refractivity contribution in [3.05, 3.63) is 169 Å². The molecule has 4 heteroatoms. The molecule has 0 saturated carbocycles. The molecule has 0 spiro atoms. The second-order valence-corrected chi connectivity index (χ2v) is 15.0. The average Bonchev–Trinajstić information content (AvgIpc) is 3.98. The number of fused-ring (bicyclic) bond motifs is 14. The van der Waals surface area contributed by atoms with Gasteiger partial charge in [-0.1, -0.05) is 121 Å². The van der Waals surface area contributed by atoms with Crippen molar-refractivity contribution in [2.75, 3.05) is 0 Å². The molecular weight excluding hydrogens is 681 g/mol. The van der Waals surface area contributed by atoms with Crippen molar-refractivity contribution in [2.24, 2.45) is 0 Å². The zero-order chi connectivity index (χ0) is 36.8. The SMILES string of the molecule is N#Cc1ccc(-n2c3ccccc3c3cc4c5c(cccc5c32)-c2ccccc2-4)c(-n2c3ccccc3c3cc4c5c(cccc5c32)-c2ccccc2-4)c1C#N. The van der Waals surface area contributed by atoms with Crippen LogP contribution in [0.2, 0.25) is 0 Å². The summed E-state index contributed by atoms with van der Waals surface area (Å²) in [7, 11) is 0. The van der Waals surface area contributed by atoms with Gasteiger partial charge in [-0.15, -0.1) is 0 Å². The summed E-state index contributed by atoms with van der Waals surface area (Å²) < 4.78 is 4.63. The molecule has 0 atom stereocenters. The van der Waals surface area contributed by atoms with Crippen LogP contribution in [0, 0.1) is 22.7 Å². The van der Waals surface area contributed by atoms with E-state index in [4.69, 9.17) is 0 Å². The second kappa shape index (κ2) is 10.4. The fourth-order valence-corrected chi connectivity index (χ4v) is 10.3. The van der Waals surface area contributed by atoms with Crippen molar-refractivity contribution in [1.29, 1.82) is 10.5 Å². The predicted molar refractivity (Wildman–Crippen MR) is 228 cm³/mol. The van der Waals surface area contributed by atoms with Crippen LogP contribution in [0.15, 0.2) is 158 Å². The highest BCUT2D eigenvalue weighted by Crippen LogP contribution is 2.53. The van der Waals surface area contributed by atoms with Gasteiger partial charge in [0, 0.05) is 32.3 Å². The lowest BCUT2D eigenvalue weighted by Crippen LogP contribution is -2.08. The summed E-state index contributed by atoms with van der Waals surface area (Å²) in [5, 5.41) is 31.0. The Labute approximate surface area is 320 Å². The molecule has 0 aliphatic heterocycles. The van der Waals surface area contributed by atoms with Crippen LogP contribution in [-0.4, -0.2) is 9.13 Å². The molecule has 0 bridgehead atoms. The zero-order valence-electron chi connectivity index (χ0n) is 29.8. The Hall–Kier alpha value is -7.92. The Morgan fingerprint density at radius 2 is 0.804 bits per heavy atom. The molecule has 4 nitrogen and oxygen atoms in total. The largest absolute Gasteiger partial charge is 0.306 e. The lowest BCUT2D eigenvalue weighted by atomic mass is 9.98. The highest BCUT2D eigenvalue weighted by Gasteiger charge is 2.30. The molecule has 254 valence electrons. The van der Waals surface area contributed by atoms with Crippen LogP contribution in [-0.2, 0) is 0 Å². The van der Waals surface area contributed by atoms with E-state index in [1.807, 2.05) is 6.07 Å². The van der Waals surface area contributed by atoms with E-state index < -0.39 is 0 Å². The monoisotopic (exact) mass is 706 g/mol. The van der Waals surface area contributed by atoms with Crippen LogP contribution in [0.3, 0.4) is 0 Å². The third kappa shape index (κ3) is 3.44. The van der Waals surface area contributed by atoms with Gasteiger partial charge in [0.05, 0.1) is 44.6 Å². The van der Waals surface area contributed by atoms with Crippen LogP contribution in [0.5, 0.6) is 0 Å². The van der Waals surface area contributed by atoms with E-state index in [-0.39, 0.29) is 0 Å². The minimum Gasteiger partial charge on any atom is -0.306 e. The molecule has 2 aromatic heterocycles. The number of rotatable bonds is 2. The first-order chi connectivity index (χ1) is 27.7. The van der Waals surface area contributed by atoms with E-state index >= 15 is 0 Å². The number of nitrogens with zero attached hydrogens (tertiary/aromatic N) is 4. The molecule has 0 N–H and O–H groups in total. The third-order valence-electron chi connectivity index (χ3n) is 12.5. The minimum atomic E-state index is 0.346. The van der Waals surface area contributed by atoms with Crippen molar-refractivity contribution in [2.45, 2.75) is 0 Å². The first-order valence-corrected chi connectivity index (χ1v) is 18.9. The number of para-hydroxylation sites is 2. The van der Waals surface area contributed by atoms with Crippen molar-refractivity contribution >= 4 is 65.2 Å². The molecule has 0 saturated heterocycles. The Kier molecular flexibility index (Phi) is 5.48. The number of hydrogen-bond donors (Lipinski definition) is 0. The number of nitriles is 2. The summed E-state index contributed by atoms with van der Waals surface area (Å²) in [6, 6.07) is 61.1. The fourth-order valence-electron chi connectivity index (χ4n) is 10.3. The predicted octanol–water partition coefficient (Wildman–Crippen LogP) is 13.2. The van der Waals surface area contributed by atoms with Crippen LogP contribution in [0.1, 0.15) is 11.1 Å². The molecule has 0 radical (unpaired) electrons. The van der Waals surface area contributed by atoms with Gasteiger partial charge in [0.15, 0.2) is 0 Å². The second-order valence-electron chi connectivity index (χ2n) is 15.0. The summed E-state index contributed by atoms with van der Waals surface area (Å²) >= 11 is 0. The minimum absolute atomic E-state index is 0.346. The van der Waals surface area contributed by atoms with Gasteiger partial charge in [-0.2, -0.15) is 10.5 Å². The number of benzene rings is 9. The van der Waals surface area contributed by atoms with Crippen LogP contribution < -0.4 is 0 Å². The maximum absolute atomic E-state index is 11.2. The lowest BCUT2D eigenvalue weighted by molar-refractivity contribution is 1.09. The highest BCUT2D eigenvalue weighted by molar-refractivity contribution is 6.29. The lowest BCUT2D eigenvalue weighted by Gasteiger charge is -2.20. The molecule has 56 heavy (non-hydrogen) atoms. The Morgan fingerprint density at radius 1 is 0.357 bits per heavy atom. The molecule has 2 heterocycles. The van der Waals surface area contributed by atoms with Gasteiger partial charge >= 0.3 is 0 Å². The van der Waals surface area contributed by atoms with E-state index in [9.17, 15) is 10.5 Å².